The average molecular weight is 167 g/mol. The van der Waals surface area contributed by atoms with E-state index in [1.54, 1.807) is 6.20 Å². The monoisotopic (exact) mass is 167 g/mol. The number of hydrogen-bond donors (Lipinski definition) is 1. The fourth-order valence-electron chi connectivity index (χ4n) is 1.05. The van der Waals surface area contributed by atoms with Gasteiger partial charge in [0.25, 0.3) is 5.56 Å². The van der Waals surface area contributed by atoms with Crippen LogP contribution in [0.15, 0.2) is 17.1 Å². The zero-order chi connectivity index (χ0) is 9.56. The number of aryl methyl sites for hydroxylation is 1. The second-order valence-electron chi connectivity index (χ2n) is 2.32. The summed E-state index contributed by atoms with van der Waals surface area (Å²) in [4.78, 5) is 13.7. The lowest BCUT2D eigenvalue weighted by Gasteiger charge is -1.97. The van der Waals surface area contributed by atoms with Crippen molar-refractivity contribution in [1.82, 2.24) is 4.98 Å². The molecule has 0 spiro atoms. The molecule has 0 unspecified atom stereocenters. The molecule has 1 N–H and O–H groups in total. The van der Waals surface area contributed by atoms with Gasteiger partial charge in [-0.1, -0.05) is 20.8 Å². The molecule has 0 saturated carbocycles. The Kier molecular flexibility index (Phi) is 5.09. The van der Waals surface area contributed by atoms with Crippen molar-refractivity contribution in [1.29, 1.82) is 0 Å². The fraction of sp³-hybridized carbons (Fsp3) is 0.500. The summed E-state index contributed by atoms with van der Waals surface area (Å²) in [6.45, 7) is 7.94. The van der Waals surface area contributed by atoms with E-state index in [9.17, 15) is 4.79 Å². The quantitative estimate of drug-likeness (QED) is 0.683. The van der Waals surface area contributed by atoms with Crippen molar-refractivity contribution in [2.45, 2.75) is 34.1 Å². The summed E-state index contributed by atoms with van der Waals surface area (Å²) in [5.41, 5.74) is 2.01. The van der Waals surface area contributed by atoms with Crippen molar-refractivity contribution in [2.24, 2.45) is 0 Å². The van der Waals surface area contributed by atoms with Gasteiger partial charge in [-0.15, -0.1) is 0 Å². The van der Waals surface area contributed by atoms with Crippen LogP contribution in [0.2, 0.25) is 0 Å². The molecule has 0 aromatic carbocycles. The minimum atomic E-state index is 0.0440. The molecule has 0 radical (unpaired) electrons. The van der Waals surface area contributed by atoms with Gasteiger partial charge in [0, 0.05) is 11.8 Å². The number of aromatic nitrogens is 1. The molecule has 0 bridgehead atoms. The Morgan fingerprint density at radius 1 is 1.42 bits per heavy atom. The van der Waals surface area contributed by atoms with Gasteiger partial charge in [-0.3, -0.25) is 4.79 Å². The highest BCUT2D eigenvalue weighted by atomic mass is 16.1. The molecule has 0 amide bonds. The lowest BCUT2D eigenvalue weighted by Crippen LogP contribution is -2.12. The van der Waals surface area contributed by atoms with Gasteiger partial charge >= 0.3 is 0 Å². The van der Waals surface area contributed by atoms with Crippen molar-refractivity contribution in [2.75, 3.05) is 0 Å². The lowest BCUT2D eigenvalue weighted by molar-refractivity contribution is 1.03. The molecule has 0 aliphatic carbocycles. The van der Waals surface area contributed by atoms with Gasteiger partial charge in [-0.25, -0.2) is 0 Å². The minimum Gasteiger partial charge on any atom is -0.329 e. The van der Waals surface area contributed by atoms with Crippen LogP contribution < -0.4 is 5.56 Å². The van der Waals surface area contributed by atoms with Gasteiger partial charge in [0.1, 0.15) is 0 Å². The van der Waals surface area contributed by atoms with E-state index in [1.807, 2.05) is 33.8 Å². The van der Waals surface area contributed by atoms with Gasteiger partial charge < -0.3 is 4.98 Å². The average Bonchev–Trinajstić information content (AvgIpc) is 2.08. The first-order chi connectivity index (χ1) is 5.75. The summed E-state index contributed by atoms with van der Waals surface area (Å²) in [7, 11) is 0. The van der Waals surface area contributed by atoms with Crippen LogP contribution in [0.1, 0.15) is 31.9 Å². The molecular formula is C10H17NO. The van der Waals surface area contributed by atoms with E-state index in [0.717, 1.165) is 17.5 Å². The molecule has 0 fully saturated rings. The fourth-order valence-corrected chi connectivity index (χ4v) is 1.05. The molecule has 0 saturated heterocycles. The van der Waals surface area contributed by atoms with Crippen molar-refractivity contribution >= 4 is 0 Å². The van der Waals surface area contributed by atoms with E-state index < -0.39 is 0 Å². The van der Waals surface area contributed by atoms with Crippen molar-refractivity contribution < 1.29 is 0 Å². The van der Waals surface area contributed by atoms with Crippen LogP contribution in [0.4, 0.5) is 0 Å². The topological polar surface area (TPSA) is 32.9 Å². The van der Waals surface area contributed by atoms with Crippen LogP contribution in [0.25, 0.3) is 0 Å². The molecule has 1 aromatic heterocycles. The molecule has 2 heteroatoms. The normalized spacial score (nSPS) is 8.67. The maximum absolute atomic E-state index is 11.0. The third kappa shape index (κ3) is 2.53. The predicted octanol–water partition coefficient (Wildman–Crippen LogP) is 2.27. The van der Waals surface area contributed by atoms with Crippen molar-refractivity contribution in [3.8, 4) is 0 Å². The molecule has 0 aliphatic heterocycles. The SMILES string of the molecule is CC.CCc1c(C)cc[nH]c1=O. The first kappa shape index (κ1) is 11.0. The first-order valence-electron chi connectivity index (χ1n) is 4.43. The highest BCUT2D eigenvalue weighted by Crippen LogP contribution is 1.99. The van der Waals surface area contributed by atoms with E-state index in [4.69, 9.17) is 0 Å². The molecule has 12 heavy (non-hydrogen) atoms. The van der Waals surface area contributed by atoms with Gasteiger partial charge in [-0.05, 0) is 25.0 Å². The zero-order valence-electron chi connectivity index (χ0n) is 8.27. The van der Waals surface area contributed by atoms with Crippen molar-refractivity contribution in [3.05, 3.63) is 33.7 Å². The molecule has 0 atom stereocenters. The molecule has 1 heterocycles. The van der Waals surface area contributed by atoms with Crippen molar-refractivity contribution in [3.63, 3.8) is 0 Å². The number of hydrogen-bond acceptors (Lipinski definition) is 1. The smallest absolute Gasteiger partial charge is 0.251 e. The molecule has 1 aromatic rings. The predicted molar refractivity (Wildman–Crippen MR) is 52.5 cm³/mol. The number of pyridine rings is 1. The second-order valence-corrected chi connectivity index (χ2v) is 2.32. The summed E-state index contributed by atoms with van der Waals surface area (Å²) in [5.74, 6) is 0. The highest BCUT2D eigenvalue weighted by Gasteiger charge is 1.97. The second kappa shape index (κ2) is 5.58. The summed E-state index contributed by atoms with van der Waals surface area (Å²) in [5, 5.41) is 0. The Labute approximate surface area is 73.6 Å². The lowest BCUT2D eigenvalue weighted by atomic mass is 10.1. The number of H-pyrrole nitrogens is 1. The van der Waals surface area contributed by atoms with Crippen LogP contribution in [0.3, 0.4) is 0 Å². The van der Waals surface area contributed by atoms with Crippen LogP contribution >= 0.6 is 0 Å². The third-order valence-electron chi connectivity index (χ3n) is 1.65. The Hall–Kier alpha value is -1.05. The molecular weight excluding hydrogens is 150 g/mol. The minimum absolute atomic E-state index is 0.0440. The standard InChI is InChI=1S/C8H11NO.C2H6/c1-3-7-6(2)4-5-9-8(7)10;1-2/h4-5H,3H2,1-2H3,(H,9,10);1-2H3. The van der Waals surface area contributed by atoms with Crippen LogP contribution in [-0.2, 0) is 6.42 Å². The Balaban J connectivity index is 0.000000561. The largest absolute Gasteiger partial charge is 0.329 e. The highest BCUT2D eigenvalue weighted by molar-refractivity contribution is 5.20. The maximum Gasteiger partial charge on any atom is 0.251 e. The van der Waals surface area contributed by atoms with Gasteiger partial charge in [0.05, 0.1) is 0 Å². The van der Waals surface area contributed by atoms with E-state index in [1.165, 1.54) is 0 Å². The zero-order valence-corrected chi connectivity index (χ0v) is 8.27. The molecule has 1 rings (SSSR count). The van der Waals surface area contributed by atoms with E-state index in [-0.39, 0.29) is 5.56 Å². The summed E-state index contributed by atoms with van der Waals surface area (Å²) in [6.07, 6.45) is 2.48. The maximum atomic E-state index is 11.0. The van der Waals surface area contributed by atoms with E-state index >= 15 is 0 Å². The van der Waals surface area contributed by atoms with Crippen LogP contribution in [0.5, 0.6) is 0 Å². The Morgan fingerprint density at radius 2 is 2.00 bits per heavy atom. The number of aromatic amines is 1. The summed E-state index contributed by atoms with van der Waals surface area (Å²) >= 11 is 0. The van der Waals surface area contributed by atoms with Crippen LogP contribution in [0, 0.1) is 6.92 Å². The molecule has 2 nitrogen and oxygen atoms in total. The van der Waals surface area contributed by atoms with E-state index in [0.29, 0.717) is 0 Å². The first-order valence-corrected chi connectivity index (χ1v) is 4.43. The van der Waals surface area contributed by atoms with E-state index in [2.05, 4.69) is 4.98 Å². The molecule has 68 valence electrons. The van der Waals surface area contributed by atoms with Crippen LogP contribution in [-0.4, -0.2) is 4.98 Å². The van der Waals surface area contributed by atoms with Gasteiger partial charge in [-0.2, -0.15) is 0 Å². The third-order valence-corrected chi connectivity index (χ3v) is 1.65. The van der Waals surface area contributed by atoms with Gasteiger partial charge in [0.15, 0.2) is 0 Å². The summed E-state index contributed by atoms with van der Waals surface area (Å²) < 4.78 is 0. The van der Waals surface area contributed by atoms with Gasteiger partial charge in [0.2, 0.25) is 0 Å². The summed E-state index contributed by atoms with van der Waals surface area (Å²) in [6, 6.07) is 1.92. The Morgan fingerprint density at radius 3 is 2.33 bits per heavy atom. The Bertz CT molecular complexity index is 275. The number of nitrogens with one attached hydrogen (secondary N) is 1. The number of rotatable bonds is 1. The molecule has 0 aliphatic rings.